The summed E-state index contributed by atoms with van der Waals surface area (Å²) in [6.07, 6.45) is 3.84. The molecule has 1 aromatic carbocycles. The summed E-state index contributed by atoms with van der Waals surface area (Å²) in [5.74, 6) is 0.297. The number of aromatic nitrogens is 1. The third-order valence-electron chi connectivity index (χ3n) is 4.51. The van der Waals surface area contributed by atoms with Gasteiger partial charge in [0.25, 0.3) is 11.8 Å². The molecule has 9 nitrogen and oxygen atoms in total. The van der Waals surface area contributed by atoms with Gasteiger partial charge < -0.3 is 9.47 Å². The average Bonchev–Trinajstić information content (AvgIpc) is 2.77. The predicted octanol–water partition coefficient (Wildman–Crippen LogP) is 3.51. The summed E-state index contributed by atoms with van der Waals surface area (Å²) in [5.41, 5.74) is 4.97. The molecule has 0 spiro atoms. The van der Waals surface area contributed by atoms with Gasteiger partial charge in [-0.15, -0.1) is 0 Å². The first-order valence-corrected chi connectivity index (χ1v) is 10.9. The maximum atomic E-state index is 12.1. The second-order valence-corrected chi connectivity index (χ2v) is 7.96. The number of amides is 2. The molecule has 1 atom stereocenters. The van der Waals surface area contributed by atoms with E-state index in [1.165, 1.54) is 18.7 Å². The van der Waals surface area contributed by atoms with Gasteiger partial charge in [0.15, 0.2) is 12.7 Å². The lowest BCUT2D eigenvalue weighted by Gasteiger charge is -2.26. The molecule has 1 aliphatic rings. The summed E-state index contributed by atoms with van der Waals surface area (Å²) < 4.78 is 11.2. The van der Waals surface area contributed by atoms with Crippen molar-refractivity contribution in [1.82, 2.24) is 20.9 Å². The van der Waals surface area contributed by atoms with E-state index in [1.807, 2.05) is 5.01 Å². The van der Waals surface area contributed by atoms with Gasteiger partial charge in [-0.05, 0) is 50.1 Å². The van der Waals surface area contributed by atoms with Gasteiger partial charge >= 0.3 is 0 Å². The number of hydrogen-bond acceptors (Lipinski definition) is 7. The number of halogens is 2. The highest BCUT2D eigenvalue weighted by Crippen LogP contribution is 2.30. The van der Waals surface area contributed by atoms with Crippen LogP contribution in [0.5, 0.6) is 17.4 Å². The maximum absolute atomic E-state index is 12.1. The molecule has 2 aromatic rings. The van der Waals surface area contributed by atoms with E-state index in [4.69, 9.17) is 37.5 Å². The molecule has 1 aliphatic heterocycles. The van der Waals surface area contributed by atoms with E-state index in [0.29, 0.717) is 16.5 Å². The molecule has 1 unspecified atom stereocenters. The smallest absolute Gasteiger partial charge is 0.284 e. The number of rotatable bonds is 9. The third-order valence-corrected chi connectivity index (χ3v) is 4.99. The second kappa shape index (κ2) is 11.9. The van der Waals surface area contributed by atoms with Crippen molar-refractivity contribution >= 4 is 35.0 Å². The molecule has 2 heterocycles. The Kier molecular flexibility index (Phi) is 8.92. The molecule has 172 valence electrons. The Morgan fingerprint density at radius 2 is 1.81 bits per heavy atom. The van der Waals surface area contributed by atoms with Gasteiger partial charge in [-0.25, -0.2) is 15.5 Å². The minimum absolute atomic E-state index is 0.221. The molecule has 0 saturated carbocycles. The van der Waals surface area contributed by atoms with Crippen molar-refractivity contribution < 1.29 is 23.9 Å². The van der Waals surface area contributed by atoms with Gasteiger partial charge in [-0.1, -0.05) is 29.6 Å². The van der Waals surface area contributed by atoms with Gasteiger partial charge in [0.2, 0.25) is 5.88 Å². The maximum Gasteiger partial charge on any atom is 0.284 e. The number of nitrogens with one attached hydrogen (secondary N) is 2. The molecule has 0 bridgehead atoms. The highest BCUT2D eigenvalue weighted by molar-refractivity contribution is 6.35. The zero-order valence-electron chi connectivity index (χ0n) is 17.5. The Bertz CT molecular complexity index is 923. The molecular weight excluding hydrogens is 459 g/mol. The van der Waals surface area contributed by atoms with E-state index in [-0.39, 0.29) is 23.4 Å². The molecule has 1 aromatic heterocycles. The van der Waals surface area contributed by atoms with Crippen LogP contribution in [0, 0.1) is 0 Å². The zero-order chi connectivity index (χ0) is 22.9. The summed E-state index contributed by atoms with van der Waals surface area (Å²) in [4.78, 5) is 33.0. The van der Waals surface area contributed by atoms with E-state index in [2.05, 4.69) is 15.9 Å². The fourth-order valence-corrected chi connectivity index (χ4v) is 3.32. The van der Waals surface area contributed by atoms with Crippen molar-refractivity contribution in [2.75, 3.05) is 19.7 Å². The summed E-state index contributed by atoms with van der Waals surface area (Å²) >= 11 is 11.9. The van der Waals surface area contributed by atoms with Crippen LogP contribution in [-0.4, -0.2) is 47.6 Å². The highest BCUT2D eigenvalue weighted by atomic mass is 35.5. The monoisotopic (exact) mass is 482 g/mol. The van der Waals surface area contributed by atoms with Crippen molar-refractivity contribution in [3.8, 4) is 17.4 Å². The topological polar surface area (TPSA) is 102 Å². The Morgan fingerprint density at radius 1 is 1.12 bits per heavy atom. The number of carbonyl (C=O) groups is 2. The summed E-state index contributed by atoms with van der Waals surface area (Å²) in [6.45, 7) is 2.91. The van der Waals surface area contributed by atoms with E-state index in [1.54, 1.807) is 31.2 Å². The first-order valence-electron chi connectivity index (χ1n) is 10.1. The number of nitrogens with zero attached hydrogens (tertiary/aromatic N) is 2. The Balaban J connectivity index is 1.40. The number of pyridine rings is 1. The molecule has 1 saturated heterocycles. The van der Waals surface area contributed by atoms with Crippen molar-refractivity contribution in [3.63, 3.8) is 0 Å². The van der Waals surface area contributed by atoms with Crippen LogP contribution in [-0.2, 0) is 14.4 Å². The van der Waals surface area contributed by atoms with Crippen molar-refractivity contribution in [1.29, 1.82) is 0 Å². The highest BCUT2D eigenvalue weighted by Gasteiger charge is 2.17. The summed E-state index contributed by atoms with van der Waals surface area (Å²) in [5, 5.41) is 2.55. The molecular formula is C21H24Cl2N4O5. The van der Waals surface area contributed by atoms with Gasteiger partial charge in [0.05, 0.1) is 5.02 Å². The average molecular weight is 483 g/mol. The lowest BCUT2D eigenvalue weighted by molar-refractivity contribution is -0.145. The number of benzene rings is 1. The van der Waals surface area contributed by atoms with Crippen LogP contribution >= 0.6 is 23.2 Å². The molecule has 0 aliphatic carbocycles. The number of ether oxygens (including phenoxy) is 2. The third kappa shape index (κ3) is 7.52. The molecule has 3 rings (SSSR count). The lowest BCUT2D eigenvalue weighted by Crippen LogP contribution is -2.47. The van der Waals surface area contributed by atoms with Gasteiger partial charge in [-0.2, -0.15) is 0 Å². The van der Waals surface area contributed by atoms with Crippen molar-refractivity contribution in [3.05, 3.63) is 46.6 Å². The quantitative estimate of drug-likeness (QED) is 0.527. The second-order valence-electron chi connectivity index (χ2n) is 7.11. The first-order chi connectivity index (χ1) is 15.4. The summed E-state index contributed by atoms with van der Waals surface area (Å²) in [7, 11) is 0. The standard InChI is InChI=1S/C21H24Cl2N4O5/c1-14(20(29)26-30-13-19(28)25-27-9-3-2-4-10-27)31-16-5-7-17(8-6-16)32-21-18(23)11-15(22)12-24-21/h5-8,11-12,14H,2-4,9-10,13H2,1H3,(H,25,28)(H,26,29). The Hall–Kier alpha value is -2.59. The largest absolute Gasteiger partial charge is 0.481 e. The van der Waals surface area contributed by atoms with Crippen molar-refractivity contribution in [2.24, 2.45) is 0 Å². The summed E-state index contributed by atoms with van der Waals surface area (Å²) in [6, 6.07) is 8.09. The molecule has 11 heteroatoms. The van der Waals surface area contributed by atoms with Crippen LogP contribution in [0.3, 0.4) is 0 Å². The molecule has 2 amide bonds. The van der Waals surface area contributed by atoms with E-state index in [0.717, 1.165) is 25.9 Å². The van der Waals surface area contributed by atoms with Crippen molar-refractivity contribution in [2.45, 2.75) is 32.3 Å². The fourth-order valence-electron chi connectivity index (χ4n) is 2.90. The van der Waals surface area contributed by atoms with Crippen LogP contribution in [0.1, 0.15) is 26.2 Å². The van der Waals surface area contributed by atoms with Gasteiger partial charge in [-0.3, -0.25) is 19.9 Å². The lowest BCUT2D eigenvalue weighted by atomic mass is 10.2. The van der Waals surface area contributed by atoms with Crippen LogP contribution in [0.15, 0.2) is 36.5 Å². The zero-order valence-corrected chi connectivity index (χ0v) is 19.0. The first kappa shape index (κ1) is 24.1. The van der Waals surface area contributed by atoms with E-state index < -0.39 is 12.0 Å². The van der Waals surface area contributed by atoms with E-state index in [9.17, 15) is 9.59 Å². The number of hydrogen-bond donors (Lipinski definition) is 2. The van der Waals surface area contributed by atoms with Crippen LogP contribution < -0.4 is 20.4 Å². The van der Waals surface area contributed by atoms with Crippen LogP contribution in [0.4, 0.5) is 0 Å². The molecule has 1 fully saturated rings. The fraction of sp³-hybridized carbons (Fsp3) is 0.381. The number of hydroxylamine groups is 1. The Morgan fingerprint density at radius 3 is 2.50 bits per heavy atom. The number of carbonyl (C=O) groups excluding carboxylic acids is 2. The number of hydrazine groups is 1. The van der Waals surface area contributed by atoms with Gasteiger partial charge in [0.1, 0.15) is 16.5 Å². The van der Waals surface area contributed by atoms with Gasteiger partial charge in [0, 0.05) is 19.3 Å². The minimum Gasteiger partial charge on any atom is -0.481 e. The molecule has 32 heavy (non-hydrogen) atoms. The molecule has 2 N–H and O–H groups in total. The normalized spacial score (nSPS) is 15.0. The number of piperidine rings is 1. The minimum atomic E-state index is -0.848. The van der Waals surface area contributed by atoms with Crippen LogP contribution in [0.25, 0.3) is 0 Å². The Labute approximate surface area is 195 Å². The predicted molar refractivity (Wildman–Crippen MR) is 119 cm³/mol. The molecule has 0 radical (unpaired) electrons. The van der Waals surface area contributed by atoms with E-state index >= 15 is 0 Å². The SMILES string of the molecule is CC(Oc1ccc(Oc2ncc(Cl)cc2Cl)cc1)C(=O)NOCC(=O)NN1CCCCC1. The van der Waals surface area contributed by atoms with Crippen LogP contribution in [0.2, 0.25) is 10.0 Å².